The fourth-order valence-corrected chi connectivity index (χ4v) is 2.40. The van der Waals surface area contributed by atoms with Crippen LogP contribution in [0.25, 0.3) is 0 Å². The van der Waals surface area contributed by atoms with Crippen LogP contribution in [0.3, 0.4) is 0 Å². The molecule has 0 radical (unpaired) electrons. The summed E-state index contributed by atoms with van der Waals surface area (Å²) in [5, 5.41) is 6.90. The zero-order valence-corrected chi connectivity index (χ0v) is 11.9. The SMILES string of the molecule is CNc1ccccc1[C@H](C)N[C@@H](C)c1ccccc1. The second-order valence-corrected chi connectivity index (χ2v) is 4.86. The molecule has 2 N–H and O–H groups in total. The Morgan fingerprint density at radius 1 is 0.789 bits per heavy atom. The zero-order chi connectivity index (χ0) is 13.7. The van der Waals surface area contributed by atoms with Crippen LogP contribution in [-0.2, 0) is 0 Å². The first-order valence-electron chi connectivity index (χ1n) is 6.80. The largest absolute Gasteiger partial charge is 0.388 e. The van der Waals surface area contributed by atoms with Crippen molar-refractivity contribution in [3.63, 3.8) is 0 Å². The van der Waals surface area contributed by atoms with Gasteiger partial charge in [0.1, 0.15) is 0 Å². The fraction of sp³-hybridized carbons (Fsp3) is 0.294. The second-order valence-electron chi connectivity index (χ2n) is 4.86. The first-order chi connectivity index (χ1) is 9.22. The predicted molar refractivity (Wildman–Crippen MR) is 82.4 cm³/mol. The van der Waals surface area contributed by atoms with E-state index in [1.165, 1.54) is 16.8 Å². The van der Waals surface area contributed by atoms with Crippen LogP contribution in [0, 0.1) is 0 Å². The van der Waals surface area contributed by atoms with Gasteiger partial charge < -0.3 is 10.6 Å². The van der Waals surface area contributed by atoms with Gasteiger partial charge in [0.25, 0.3) is 0 Å². The van der Waals surface area contributed by atoms with Crippen molar-refractivity contribution in [1.29, 1.82) is 0 Å². The fourth-order valence-electron chi connectivity index (χ4n) is 2.40. The Balaban J connectivity index is 2.11. The minimum atomic E-state index is 0.304. The Kier molecular flexibility index (Phi) is 4.58. The Bertz CT molecular complexity index is 508. The van der Waals surface area contributed by atoms with E-state index < -0.39 is 0 Å². The average molecular weight is 254 g/mol. The number of rotatable bonds is 5. The van der Waals surface area contributed by atoms with Crippen molar-refractivity contribution in [2.45, 2.75) is 25.9 Å². The van der Waals surface area contributed by atoms with E-state index in [-0.39, 0.29) is 0 Å². The highest BCUT2D eigenvalue weighted by molar-refractivity contribution is 5.52. The molecular formula is C17H22N2. The van der Waals surface area contributed by atoms with Crippen molar-refractivity contribution in [2.75, 3.05) is 12.4 Å². The quantitative estimate of drug-likeness (QED) is 0.838. The highest BCUT2D eigenvalue weighted by Gasteiger charge is 2.13. The highest BCUT2D eigenvalue weighted by atomic mass is 14.9. The molecule has 0 saturated carbocycles. The van der Waals surface area contributed by atoms with Crippen LogP contribution in [0.2, 0.25) is 0 Å². The van der Waals surface area contributed by atoms with Crippen molar-refractivity contribution in [3.8, 4) is 0 Å². The Hall–Kier alpha value is -1.80. The molecule has 0 saturated heterocycles. The van der Waals surface area contributed by atoms with Crippen LogP contribution in [0.15, 0.2) is 54.6 Å². The van der Waals surface area contributed by atoms with E-state index in [0.717, 1.165) is 0 Å². The first kappa shape index (κ1) is 13.6. The molecule has 2 aromatic rings. The number of hydrogen-bond donors (Lipinski definition) is 2. The lowest BCUT2D eigenvalue weighted by Crippen LogP contribution is -2.23. The van der Waals surface area contributed by atoms with Gasteiger partial charge in [-0.25, -0.2) is 0 Å². The van der Waals surface area contributed by atoms with E-state index in [1.54, 1.807) is 0 Å². The van der Waals surface area contributed by atoms with E-state index in [9.17, 15) is 0 Å². The molecule has 0 aliphatic heterocycles. The number of benzene rings is 2. The molecule has 0 aliphatic rings. The molecule has 0 fully saturated rings. The Morgan fingerprint density at radius 3 is 2.11 bits per heavy atom. The van der Waals surface area contributed by atoms with E-state index in [4.69, 9.17) is 0 Å². The van der Waals surface area contributed by atoms with E-state index in [2.05, 4.69) is 79.1 Å². The normalized spacial score (nSPS) is 13.8. The second kappa shape index (κ2) is 6.39. The molecule has 100 valence electrons. The number of para-hydroxylation sites is 1. The van der Waals surface area contributed by atoms with Gasteiger partial charge >= 0.3 is 0 Å². The molecule has 0 amide bonds. The molecule has 2 heteroatoms. The molecule has 0 bridgehead atoms. The van der Waals surface area contributed by atoms with Gasteiger partial charge in [0.05, 0.1) is 0 Å². The summed E-state index contributed by atoms with van der Waals surface area (Å²) in [5.74, 6) is 0. The summed E-state index contributed by atoms with van der Waals surface area (Å²) >= 11 is 0. The molecule has 19 heavy (non-hydrogen) atoms. The predicted octanol–water partition coefficient (Wildman–Crippen LogP) is 4.14. The molecule has 0 aliphatic carbocycles. The third-order valence-corrected chi connectivity index (χ3v) is 3.50. The monoisotopic (exact) mass is 254 g/mol. The van der Waals surface area contributed by atoms with Crippen molar-refractivity contribution in [2.24, 2.45) is 0 Å². The highest BCUT2D eigenvalue weighted by Crippen LogP contribution is 2.24. The molecule has 0 aromatic heterocycles. The molecule has 0 unspecified atom stereocenters. The van der Waals surface area contributed by atoms with Crippen molar-refractivity contribution < 1.29 is 0 Å². The Labute approximate surface area is 115 Å². The van der Waals surface area contributed by atoms with Gasteiger partial charge in [0, 0.05) is 24.8 Å². The van der Waals surface area contributed by atoms with Gasteiger partial charge in [0.2, 0.25) is 0 Å². The number of hydrogen-bond acceptors (Lipinski definition) is 2. The third-order valence-electron chi connectivity index (χ3n) is 3.50. The third kappa shape index (κ3) is 3.36. The number of nitrogens with one attached hydrogen (secondary N) is 2. The van der Waals surface area contributed by atoms with Gasteiger partial charge in [0.15, 0.2) is 0 Å². The van der Waals surface area contributed by atoms with Crippen molar-refractivity contribution >= 4 is 5.69 Å². The molecule has 2 nitrogen and oxygen atoms in total. The smallest absolute Gasteiger partial charge is 0.0385 e. The maximum atomic E-state index is 3.65. The van der Waals surface area contributed by atoms with E-state index in [1.807, 2.05) is 7.05 Å². The van der Waals surface area contributed by atoms with Crippen LogP contribution in [-0.4, -0.2) is 7.05 Å². The van der Waals surface area contributed by atoms with Crippen molar-refractivity contribution in [1.82, 2.24) is 5.32 Å². The van der Waals surface area contributed by atoms with Crippen LogP contribution >= 0.6 is 0 Å². The molecule has 0 spiro atoms. The maximum Gasteiger partial charge on any atom is 0.0385 e. The van der Waals surface area contributed by atoms with Gasteiger partial charge in [-0.3, -0.25) is 0 Å². The summed E-state index contributed by atoms with van der Waals surface area (Å²) in [6.07, 6.45) is 0. The summed E-state index contributed by atoms with van der Waals surface area (Å²) in [5.41, 5.74) is 3.80. The van der Waals surface area contributed by atoms with Gasteiger partial charge in [-0.15, -0.1) is 0 Å². The van der Waals surface area contributed by atoms with Crippen LogP contribution in [0.4, 0.5) is 5.69 Å². The molecule has 2 aromatic carbocycles. The Morgan fingerprint density at radius 2 is 1.42 bits per heavy atom. The summed E-state index contributed by atoms with van der Waals surface area (Å²) in [6.45, 7) is 4.41. The average Bonchev–Trinajstić information content (AvgIpc) is 2.48. The van der Waals surface area contributed by atoms with Crippen LogP contribution in [0.5, 0.6) is 0 Å². The first-order valence-corrected chi connectivity index (χ1v) is 6.80. The summed E-state index contributed by atoms with van der Waals surface area (Å²) in [6, 6.07) is 19.6. The minimum absolute atomic E-state index is 0.304. The van der Waals surface area contributed by atoms with Crippen LogP contribution in [0.1, 0.15) is 37.1 Å². The number of anilines is 1. The topological polar surface area (TPSA) is 24.1 Å². The molecule has 2 rings (SSSR count). The van der Waals surface area contributed by atoms with Gasteiger partial charge in [-0.1, -0.05) is 48.5 Å². The lowest BCUT2D eigenvalue weighted by molar-refractivity contribution is 0.495. The molecule has 2 atom stereocenters. The summed E-state index contributed by atoms with van der Waals surface area (Å²) in [7, 11) is 1.96. The molecule has 0 heterocycles. The minimum Gasteiger partial charge on any atom is -0.388 e. The van der Waals surface area contributed by atoms with E-state index in [0.29, 0.717) is 12.1 Å². The van der Waals surface area contributed by atoms with E-state index >= 15 is 0 Å². The summed E-state index contributed by atoms with van der Waals surface area (Å²) < 4.78 is 0. The standard InChI is InChI=1S/C17H22N2/c1-13(15-9-5-4-6-10-15)19-14(2)16-11-7-8-12-17(16)18-3/h4-14,18-19H,1-3H3/t13-,14-/m0/s1. The van der Waals surface area contributed by atoms with Crippen molar-refractivity contribution in [3.05, 3.63) is 65.7 Å². The lowest BCUT2D eigenvalue weighted by atomic mass is 10.0. The van der Waals surface area contributed by atoms with Crippen LogP contribution < -0.4 is 10.6 Å². The lowest BCUT2D eigenvalue weighted by Gasteiger charge is -2.22. The summed E-state index contributed by atoms with van der Waals surface area (Å²) in [4.78, 5) is 0. The molecular weight excluding hydrogens is 232 g/mol. The zero-order valence-electron chi connectivity index (χ0n) is 11.9. The van der Waals surface area contributed by atoms with Gasteiger partial charge in [-0.05, 0) is 31.0 Å². The van der Waals surface area contributed by atoms with Gasteiger partial charge in [-0.2, -0.15) is 0 Å². The maximum absolute atomic E-state index is 3.65.